The van der Waals surface area contributed by atoms with Crippen molar-refractivity contribution in [3.05, 3.63) is 194 Å². The monoisotopic (exact) mass is 694 g/mol. The van der Waals surface area contributed by atoms with Crippen molar-refractivity contribution >= 4 is 32.3 Å². The first-order valence-electron chi connectivity index (χ1n) is 19.3. The van der Waals surface area contributed by atoms with E-state index in [4.69, 9.17) is 0 Å². The molecule has 0 heterocycles. The van der Waals surface area contributed by atoms with Gasteiger partial charge in [0.2, 0.25) is 0 Å². The lowest BCUT2D eigenvalue weighted by molar-refractivity contribution is 1.47. The first kappa shape index (κ1) is 30.4. The fourth-order valence-corrected chi connectivity index (χ4v) is 10.00. The van der Waals surface area contributed by atoms with E-state index < -0.39 is 0 Å². The predicted molar refractivity (Wildman–Crippen MR) is 234 cm³/mol. The lowest BCUT2D eigenvalue weighted by atomic mass is 9.81. The van der Waals surface area contributed by atoms with Crippen LogP contribution in [0.2, 0.25) is 0 Å². The molecular weight excluding hydrogens is 661 g/mol. The first-order chi connectivity index (χ1) is 27.2. The quantitative estimate of drug-likeness (QED) is 0.172. The highest BCUT2D eigenvalue weighted by molar-refractivity contribution is 6.29. The molecule has 0 spiro atoms. The van der Waals surface area contributed by atoms with Crippen LogP contribution in [0.4, 0.5) is 0 Å². The number of hydrogen-bond acceptors (Lipinski definition) is 0. The van der Waals surface area contributed by atoms with Crippen LogP contribution in [0, 0.1) is 6.92 Å². The van der Waals surface area contributed by atoms with E-state index in [0.717, 1.165) is 0 Å². The van der Waals surface area contributed by atoms with Gasteiger partial charge in [0.15, 0.2) is 0 Å². The number of fused-ring (bicyclic) bond motifs is 7. The predicted octanol–water partition coefficient (Wildman–Crippen LogP) is 15.4. The molecule has 55 heavy (non-hydrogen) atoms. The Bertz CT molecular complexity index is 3210. The van der Waals surface area contributed by atoms with Crippen LogP contribution >= 0.6 is 0 Å². The van der Waals surface area contributed by atoms with Gasteiger partial charge in [0, 0.05) is 0 Å². The van der Waals surface area contributed by atoms with Crippen molar-refractivity contribution in [1.29, 1.82) is 0 Å². The van der Waals surface area contributed by atoms with E-state index >= 15 is 0 Å². The summed E-state index contributed by atoms with van der Waals surface area (Å²) in [4.78, 5) is 0. The van der Waals surface area contributed by atoms with Crippen LogP contribution in [-0.2, 0) is 0 Å². The molecule has 0 amide bonds. The Balaban J connectivity index is 1.21. The van der Waals surface area contributed by atoms with Crippen molar-refractivity contribution in [2.45, 2.75) is 6.92 Å². The summed E-state index contributed by atoms with van der Waals surface area (Å²) in [5.74, 6) is 0. The van der Waals surface area contributed by atoms with E-state index in [9.17, 15) is 0 Å². The summed E-state index contributed by atoms with van der Waals surface area (Å²) in [5, 5.41) is 7.85. The molecule has 0 heteroatoms. The fourth-order valence-electron chi connectivity index (χ4n) is 10.00. The van der Waals surface area contributed by atoms with E-state index in [2.05, 4.69) is 195 Å². The third-order valence-corrected chi connectivity index (χ3v) is 12.3. The number of benzene rings is 10. The van der Waals surface area contributed by atoms with Crippen molar-refractivity contribution < 1.29 is 0 Å². The Kier molecular flexibility index (Phi) is 6.36. The van der Waals surface area contributed by atoms with Crippen molar-refractivity contribution in [3.63, 3.8) is 0 Å². The van der Waals surface area contributed by atoms with Gasteiger partial charge in [0.05, 0.1) is 0 Å². The maximum Gasteiger partial charge on any atom is -0.000741 e. The van der Waals surface area contributed by atoms with Crippen molar-refractivity contribution in [2.75, 3.05) is 0 Å². The summed E-state index contributed by atoms with van der Waals surface area (Å²) in [6.07, 6.45) is 0. The molecule has 0 nitrogen and oxygen atoms in total. The minimum atomic E-state index is 1.24. The van der Waals surface area contributed by atoms with Gasteiger partial charge in [-0.3, -0.25) is 0 Å². The Hall–Kier alpha value is -7.02. The molecule has 2 aliphatic carbocycles. The highest BCUT2D eigenvalue weighted by Gasteiger charge is 2.32. The van der Waals surface area contributed by atoms with E-state index in [1.54, 1.807) is 0 Å². The summed E-state index contributed by atoms with van der Waals surface area (Å²) < 4.78 is 0. The summed E-state index contributed by atoms with van der Waals surface area (Å²) in [5.41, 5.74) is 22.0. The first-order valence-corrected chi connectivity index (χ1v) is 19.3. The summed E-state index contributed by atoms with van der Waals surface area (Å²) in [7, 11) is 0. The smallest absolute Gasteiger partial charge is 0.000741 e. The van der Waals surface area contributed by atoms with Crippen LogP contribution in [0.3, 0.4) is 0 Å². The van der Waals surface area contributed by atoms with Crippen LogP contribution in [-0.4, -0.2) is 0 Å². The molecule has 12 rings (SSSR count). The van der Waals surface area contributed by atoms with Gasteiger partial charge < -0.3 is 0 Å². The molecule has 10 aromatic rings. The molecule has 2 aliphatic rings. The number of hydrogen-bond donors (Lipinski definition) is 0. The maximum atomic E-state index is 2.48. The summed E-state index contributed by atoms with van der Waals surface area (Å²) in [6, 6.07) is 70.2. The Morgan fingerprint density at radius 1 is 0.236 bits per heavy atom. The van der Waals surface area contributed by atoms with Gasteiger partial charge in [0.1, 0.15) is 0 Å². The molecular formula is C55H34. The molecule has 254 valence electrons. The fraction of sp³-hybridized carbons (Fsp3) is 0.0182. The molecule has 0 radical (unpaired) electrons. The second-order valence-corrected chi connectivity index (χ2v) is 15.1. The van der Waals surface area contributed by atoms with Crippen LogP contribution in [0.15, 0.2) is 188 Å². The average Bonchev–Trinajstić information content (AvgIpc) is 3.75. The SMILES string of the molecule is Cc1ccccc1-c1ccc2c3c(cccc13)-c1c-2c(-c2ccccc2)c2ccc(-c3ccc4c5c(cccc35)-c3ccccc3-4)cc2c1-c1ccccc1. The minimum absolute atomic E-state index is 1.24. The molecule has 0 saturated carbocycles. The van der Waals surface area contributed by atoms with Crippen LogP contribution in [0.25, 0.3) is 121 Å². The second kappa shape index (κ2) is 11.5. The van der Waals surface area contributed by atoms with Gasteiger partial charge in [-0.2, -0.15) is 0 Å². The zero-order valence-corrected chi connectivity index (χ0v) is 30.4. The topological polar surface area (TPSA) is 0 Å². The summed E-state index contributed by atoms with van der Waals surface area (Å²) in [6.45, 7) is 2.22. The third-order valence-electron chi connectivity index (χ3n) is 12.3. The highest BCUT2D eigenvalue weighted by Crippen LogP contribution is 2.59. The molecule has 0 atom stereocenters. The largest absolute Gasteiger partial charge is 0.0622 e. The van der Waals surface area contributed by atoms with E-state index in [1.807, 2.05) is 0 Å². The Morgan fingerprint density at radius 2 is 0.709 bits per heavy atom. The zero-order chi connectivity index (χ0) is 36.2. The van der Waals surface area contributed by atoms with Gasteiger partial charge in [-0.1, -0.05) is 182 Å². The van der Waals surface area contributed by atoms with E-state index in [0.29, 0.717) is 0 Å². The lowest BCUT2D eigenvalue weighted by Gasteiger charge is -2.21. The molecule has 0 bridgehead atoms. The Morgan fingerprint density at radius 3 is 1.40 bits per heavy atom. The van der Waals surface area contributed by atoms with Gasteiger partial charge in [0.25, 0.3) is 0 Å². The molecule has 0 fully saturated rings. The average molecular weight is 695 g/mol. The van der Waals surface area contributed by atoms with Crippen LogP contribution in [0.1, 0.15) is 5.56 Å². The lowest BCUT2D eigenvalue weighted by Crippen LogP contribution is -1.94. The zero-order valence-electron chi connectivity index (χ0n) is 30.4. The second-order valence-electron chi connectivity index (χ2n) is 15.1. The number of aryl methyl sites for hydroxylation is 1. The summed E-state index contributed by atoms with van der Waals surface area (Å²) >= 11 is 0. The van der Waals surface area contributed by atoms with Crippen molar-refractivity contribution in [2.24, 2.45) is 0 Å². The van der Waals surface area contributed by atoms with Gasteiger partial charge in [-0.15, -0.1) is 0 Å². The van der Waals surface area contributed by atoms with E-state index in [-0.39, 0.29) is 0 Å². The van der Waals surface area contributed by atoms with Gasteiger partial charge in [-0.25, -0.2) is 0 Å². The number of rotatable bonds is 4. The molecule has 10 aromatic carbocycles. The maximum absolute atomic E-state index is 2.48. The molecule has 0 aromatic heterocycles. The Labute approximate surface area is 320 Å². The molecule has 0 aliphatic heterocycles. The third kappa shape index (κ3) is 4.23. The highest BCUT2D eigenvalue weighted by atomic mass is 14.3. The van der Waals surface area contributed by atoms with Crippen LogP contribution < -0.4 is 0 Å². The standard InChI is InChI=1S/C55H34/c1-33-14-8-9-19-37(33)41-29-31-48-53-44(41)24-13-25-47(53)54-51(35-17-6-3-7-18-35)49-32-36(26-27-46(49)50(55(48)54)34-15-4-2-5-16-34)38-28-30-45-40-21-11-10-20-39(40)43-23-12-22-42(38)52(43)45/h2-32H,1H3. The minimum Gasteiger partial charge on any atom is -0.0622 e. The van der Waals surface area contributed by atoms with E-state index in [1.165, 1.54) is 127 Å². The molecule has 0 N–H and O–H groups in total. The van der Waals surface area contributed by atoms with Gasteiger partial charge in [-0.05, 0) is 140 Å². The van der Waals surface area contributed by atoms with Gasteiger partial charge >= 0.3 is 0 Å². The van der Waals surface area contributed by atoms with Crippen molar-refractivity contribution in [3.8, 4) is 89.0 Å². The molecule has 0 saturated heterocycles. The van der Waals surface area contributed by atoms with Crippen LogP contribution in [0.5, 0.6) is 0 Å². The normalized spacial score (nSPS) is 12.1. The molecule has 0 unspecified atom stereocenters. The van der Waals surface area contributed by atoms with Crippen molar-refractivity contribution in [1.82, 2.24) is 0 Å².